The van der Waals surface area contributed by atoms with Crippen LogP contribution in [0.1, 0.15) is 26.3 Å². The van der Waals surface area contributed by atoms with E-state index in [-0.39, 0.29) is 5.41 Å². The summed E-state index contributed by atoms with van der Waals surface area (Å²) in [4.78, 5) is 2.40. The molecule has 0 aliphatic heterocycles. The van der Waals surface area contributed by atoms with Gasteiger partial charge in [0.05, 0.1) is 0 Å². The second-order valence-corrected chi connectivity index (χ2v) is 5.17. The standard InChI is InChI=1S/C14H24N2/c1-5-16(11-14(3,4)10-15)13-9-7-6-8-12(13)2/h6-9H,5,10-11,15H2,1-4H3. The van der Waals surface area contributed by atoms with E-state index in [1.807, 2.05) is 0 Å². The number of anilines is 1. The molecule has 0 fully saturated rings. The van der Waals surface area contributed by atoms with Crippen molar-refractivity contribution in [3.8, 4) is 0 Å². The molecule has 2 nitrogen and oxygen atoms in total. The molecule has 0 bridgehead atoms. The van der Waals surface area contributed by atoms with Crippen molar-refractivity contribution in [1.29, 1.82) is 0 Å². The highest BCUT2D eigenvalue weighted by molar-refractivity contribution is 5.53. The Morgan fingerprint density at radius 1 is 1.25 bits per heavy atom. The van der Waals surface area contributed by atoms with Crippen LogP contribution in [0.5, 0.6) is 0 Å². The van der Waals surface area contributed by atoms with E-state index in [0.717, 1.165) is 19.6 Å². The molecule has 0 aliphatic rings. The van der Waals surface area contributed by atoms with Gasteiger partial charge in [0.1, 0.15) is 0 Å². The highest BCUT2D eigenvalue weighted by atomic mass is 15.1. The lowest BCUT2D eigenvalue weighted by Gasteiger charge is -2.33. The number of nitrogens with zero attached hydrogens (tertiary/aromatic N) is 1. The molecule has 0 heterocycles. The molecule has 0 saturated heterocycles. The average molecular weight is 220 g/mol. The van der Waals surface area contributed by atoms with Crippen LogP contribution in [-0.2, 0) is 0 Å². The third-order valence-electron chi connectivity index (χ3n) is 3.01. The molecule has 0 aromatic heterocycles. The quantitative estimate of drug-likeness (QED) is 0.826. The summed E-state index contributed by atoms with van der Waals surface area (Å²) < 4.78 is 0. The molecule has 1 aromatic rings. The number of aryl methyl sites for hydroxylation is 1. The fourth-order valence-electron chi connectivity index (χ4n) is 1.87. The average Bonchev–Trinajstić information content (AvgIpc) is 2.27. The van der Waals surface area contributed by atoms with E-state index in [9.17, 15) is 0 Å². The van der Waals surface area contributed by atoms with Crippen LogP contribution in [0.25, 0.3) is 0 Å². The van der Waals surface area contributed by atoms with Crippen LogP contribution in [0, 0.1) is 12.3 Å². The molecule has 16 heavy (non-hydrogen) atoms. The molecule has 0 atom stereocenters. The molecule has 0 saturated carbocycles. The lowest BCUT2D eigenvalue weighted by molar-refractivity contribution is 0.379. The van der Waals surface area contributed by atoms with E-state index in [4.69, 9.17) is 5.73 Å². The molecular formula is C14H24N2. The summed E-state index contributed by atoms with van der Waals surface area (Å²) in [6, 6.07) is 8.53. The van der Waals surface area contributed by atoms with Gasteiger partial charge >= 0.3 is 0 Å². The first-order valence-corrected chi connectivity index (χ1v) is 6.01. The van der Waals surface area contributed by atoms with E-state index < -0.39 is 0 Å². The minimum absolute atomic E-state index is 0.165. The Balaban J connectivity index is 2.87. The Labute approximate surface area is 99.5 Å². The van der Waals surface area contributed by atoms with Gasteiger partial charge < -0.3 is 10.6 Å². The van der Waals surface area contributed by atoms with Gasteiger partial charge in [-0.25, -0.2) is 0 Å². The number of hydrogen-bond acceptors (Lipinski definition) is 2. The minimum atomic E-state index is 0.165. The second kappa shape index (κ2) is 5.35. The zero-order valence-electron chi connectivity index (χ0n) is 11.0. The summed E-state index contributed by atoms with van der Waals surface area (Å²) >= 11 is 0. The first-order chi connectivity index (χ1) is 7.50. The number of hydrogen-bond donors (Lipinski definition) is 1. The van der Waals surface area contributed by atoms with Crippen molar-refractivity contribution >= 4 is 5.69 Å². The van der Waals surface area contributed by atoms with Crippen molar-refractivity contribution in [3.63, 3.8) is 0 Å². The molecule has 2 N–H and O–H groups in total. The Morgan fingerprint density at radius 2 is 1.88 bits per heavy atom. The summed E-state index contributed by atoms with van der Waals surface area (Å²) in [7, 11) is 0. The van der Waals surface area contributed by atoms with Crippen molar-refractivity contribution in [2.24, 2.45) is 11.1 Å². The molecule has 1 aromatic carbocycles. The topological polar surface area (TPSA) is 29.3 Å². The van der Waals surface area contributed by atoms with Gasteiger partial charge in [0.25, 0.3) is 0 Å². The van der Waals surface area contributed by atoms with Gasteiger partial charge in [0, 0.05) is 18.8 Å². The number of nitrogens with two attached hydrogens (primary N) is 1. The molecule has 0 spiro atoms. The van der Waals surface area contributed by atoms with Gasteiger partial charge in [0.15, 0.2) is 0 Å². The highest BCUT2D eigenvalue weighted by Crippen LogP contribution is 2.23. The predicted octanol–water partition coefficient (Wildman–Crippen LogP) is 2.81. The maximum absolute atomic E-state index is 5.80. The van der Waals surface area contributed by atoms with Gasteiger partial charge in [-0.15, -0.1) is 0 Å². The summed E-state index contributed by atoms with van der Waals surface area (Å²) in [5.74, 6) is 0. The maximum Gasteiger partial charge on any atom is 0.0396 e. The maximum atomic E-state index is 5.80. The fraction of sp³-hybridized carbons (Fsp3) is 0.571. The van der Waals surface area contributed by atoms with Crippen LogP contribution in [0.3, 0.4) is 0 Å². The van der Waals surface area contributed by atoms with E-state index in [0.29, 0.717) is 0 Å². The van der Waals surface area contributed by atoms with Gasteiger partial charge in [-0.05, 0) is 37.4 Å². The predicted molar refractivity (Wildman–Crippen MR) is 71.9 cm³/mol. The van der Waals surface area contributed by atoms with E-state index in [2.05, 4.69) is 56.9 Å². The minimum Gasteiger partial charge on any atom is -0.371 e. The zero-order valence-corrected chi connectivity index (χ0v) is 11.0. The first kappa shape index (κ1) is 13.0. The normalized spacial score (nSPS) is 11.6. The van der Waals surface area contributed by atoms with Crippen molar-refractivity contribution in [2.45, 2.75) is 27.7 Å². The van der Waals surface area contributed by atoms with Crippen LogP contribution in [0.4, 0.5) is 5.69 Å². The summed E-state index contributed by atoms with van der Waals surface area (Å²) in [6.07, 6.45) is 0. The molecule has 0 unspecified atom stereocenters. The van der Waals surface area contributed by atoms with Crippen molar-refractivity contribution in [1.82, 2.24) is 0 Å². The Kier molecular flexibility index (Phi) is 4.36. The largest absolute Gasteiger partial charge is 0.371 e. The third kappa shape index (κ3) is 3.24. The SMILES string of the molecule is CCN(CC(C)(C)CN)c1ccccc1C. The Morgan fingerprint density at radius 3 is 2.38 bits per heavy atom. The number of benzene rings is 1. The van der Waals surface area contributed by atoms with E-state index in [1.54, 1.807) is 0 Å². The lowest BCUT2D eigenvalue weighted by atomic mass is 9.92. The monoisotopic (exact) mass is 220 g/mol. The van der Waals surface area contributed by atoms with Crippen molar-refractivity contribution in [3.05, 3.63) is 29.8 Å². The second-order valence-electron chi connectivity index (χ2n) is 5.17. The van der Waals surface area contributed by atoms with Crippen LogP contribution in [0.2, 0.25) is 0 Å². The smallest absolute Gasteiger partial charge is 0.0396 e. The zero-order chi connectivity index (χ0) is 12.2. The van der Waals surface area contributed by atoms with Crippen LogP contribution in [0.15, 0.2) is 24.3 Å². The first-order valence-electron chi connectivity index (χ1n) is 6.01. The van der Waals surface area contributed by atoms with Crippen LogP contribution >= 0.6 is 0 Å². The van der Waals surface area contributed by atoms with Crippen molar-refractivity contribution in [2.75, 3.05) is 24.5 Å². The molecule has 0 amide bonds. The lowest BCUT2D eigenvalue weighted by Crippen LogP contribution is -2.39. The Hall–Kier alpha value is -1.02. The van der Waals surface area contributed by atoms with Crippen LogP contribution in [-0.4, -0.2) is 19.6 Å². The van der Waals surface area contributed by atoms with E-state index in [1.165, 1.54) is 11.3 Å². The molecule has 1 rings (SSSR count). The van der Waals surface area contributed by atoms with Gasteiger partial charge in [0.2, 0.25) is 0 Å². The summed E-state index contributed by atoms with van der Waals surface area (Å²) in [6.45, 7) is 11.5. The molecular weight excluding hydrogens is 196 g/mol. The van der Waals surface area contributed by atoms with Gasteiger partial charge in [-0.2, -0.15) is 0 Å². The molecule has 90 valence electrons. The summed E-state index contributed by atoms with van der Waals surface area (Å²) in [5.41, 5.74) is 8.62. The number of rotatable bonds is 5. The molecule has 0 aliphatic carbocycles. The van der Waals surface area contributed by atoms with Crippen LogP contribution < -0.4 is 10.6 Å². The molecule has 0 radical (unpaired) electrons. The third-order valence-corrected chi connectivity index (χ3v) is 3.01. The van der Waals surface area contributed by atoms with Crippen molar-refractivity contribution < 1.29 is 0 Å². The Bertz CT molecular complexity index is 331. The highest BCUT2D eigenvalue weighted by Gasteiger charge is 2.20. The van der Waals surface area contributed by atoms with Gasteiger partial charge in [-0.3, -0.25) is 0 Å². The summed E-state index contributed by atoms with van der Waals surface area (Å²) in [5, 5.41) is 0. The number of para-hydroxylation sites is 1. The van der Waals surface area contributed by atoms with Gasteiger partial charge in [-0.1, -0.05) is 32.0 Å². The molecule has 2 heteroatoms. The fourth-order valence-corrected chi connectivity index (χ4v) is 1.87. The van der Waals surface area contributed by atoms with E-state index >= 15 is 0 Å².